The van der Waals surface area contributed by atoms with Crippen molar-refractivity contribution in [3.05, 3.63) is 52.2 Å². The summed E-state index contributed by atoms with van der Waals surface area (Å²) >= 11 is 1.70. The number of aromatic nitrogens is 2. The molecule has 4 rings (SSSR count). The number of aryl methyl sites for hydroxylation is 2. The Labute approximate surface area is 176 Å². The fraction of sp³-hybridized carbons (Fsp3) is 0.381. The van der Waals surface area contributed by atoms with Crippen molar-refractivity contribution < 1.29 is 18.0 Å². The van der Waals surface area contributed by atoms with Crippen molar-refractivity contribution in [1.82, 2.24) is 15.1 Å². The molecule has 0 saturated heterocycles. The number of nitrogens with one attached hydrogen (secondary N) is 1. The summed E-state index contributed by atoms with van der Waals surface area (Å²) in [7, 11) is 0. The molecule has 0 saturated carbocycles. The number of hydrogen-bond acceptors (Lipinski definition) is 6. The second-order valence-electron chi connectivity index (χ2n) is 7.22. The zero-order chi connectivity index (χ0) is 21.1. The second-order valence-corrected chi connectivity index (χ2v) is 8.35. The van der Waals surface area contributed by atoms with Crippen molar-refractivity contribution in [2.24, 2.45) is 0 Å². The zero-order valence-electron chi connectivity index (χ0n) is 16.6. The van der Waals surface area contributed by atoms with Gasteiger partial charge < -0.3 is 9.73 Å². The van der Waals surface area contributed by atoms with E-state index in [2.05, 4.69) is 21.6 Å². The Morgan fingerprint density at radius 1 is 1.23 bits per heavy atom. The van der Waals surface area contributed by atoms with E-state index in [1.807, 2.05) is 6.92 Å². The maximum atomic E-state index is 13.7. The minimum absolute atomic E-state index is 0.0602. The molecule has 30 heavy (non-hydrogen) atoms. The van der Waals surface area contributed by atoms with E-state index in [0.29, 0.717) is 18.3 Å². The highest BCUT2D eigenvalue weighted by molar-refractivity contribution is 7.15. The molecular formula is C21H22F2N4O2S. The summed E-state index contributed by atoms with van der Waals surface area (Å²) in [5, 5.41) is 10.5. The first-order chi connectivity index (χ1) is 14.5. The number of hydrogen-bond donors (Lipinski definition) is 1. The van der Waals surface area contributed by atoms with Gasteiger partial charge in [-0.05, 0) is 56.0 Å². The number of thiophene rings is 1. The van der Waals surface area contributed by atoms with Crippen LogP contribution in [0.15, 0.2) is 28.7 Å². The number of amides is 1. The van der Waals surface area contributed by atoms with Crippen LogP contribution in [-0.2, 0) is 24.2 Å². The Morgan fingerprint density at radius 3 is 2.73 bits per heavy atom. The second kappa shape index (κ2) is 9.01. The molecule has 1 N–H and O–H groups in total. The lowest BCUT2D eigenvalue weighted by molar-refractivity contribution is -0.117. The van der Waals surface area contributed by atoms with Gasteiger partial charge in [0.15, 0.2) is 0 Å². The van der Waals surface area contributed by atoms with E-state index in [4.69, 9.17) is 4.42 Å². The Morgan fingerprint density at radius 2 is 2.00 bits per heavy atom. The summed E-state index contributed by atoms with van der Waals surface area (Å²) in [4.78, 5) is 16.4. The number of likely N-dealkylation sites (N-methyl/N-ethyl adjacent to an activating group) is 1. The molecule has 158 valence electrons. The van der Waals surface area contributed by atoms with Gasteiger partial charge >= 0.3 is 0 Å². The molecule has 2 aromatic heterocycles. The number of fused-ring (bicyclic) bond motifs is 1. The molecule has 1 amide bonds. The van der Waals surface area contributed by atoms with Crippen molar-refractivity contribution in [2.75, 3.05) is 18.4 Å². The lowest BCUT2D eigenvalue weighted by Crippen LogP contribution is -2.33. The number of benzene rings is 1. The highest BCUT2D eigenvalue weighted by Gasteiger charge is 2.20. The van der Waals surface area contributed by atoms with Crippen molar-refractivity contribution >= 4 is 22.9 Å². The topological polar surface area (TPSA) is 71.3 Å². The first kappa shape index (κ1) is 20.6. The first-order valence-corrected chi connectivity index (χ1v) is 10.8. The minimum atomic E-state index is -0.813. The van der Waals surface area contributed by atoms with Gasteiger partial charge in [0.05, 0.1) is 18.0 Å². The Balaban J connectivity index is 1.39. The van der Waals surface area contributed by atoms with Crippen molar-refractivity contribution in [1.29, 1.82) is 0 Å². The Hall–Kier alpha value is -2.65. The third kappa shape index (κ3) is 4.57. The quantitative estimate of drug-likeness (QED) is 0.599. The van der Waals surface area contributed by atoms with Crippen molar-refractivity contribution in [2.45, 2.75) is 39.2 Å². The largest absolute Gasteiger partial charge is 0.419 e. The van der Waals surface area contributed by atoms with Gasteiger partial charge in [-0.2, -0.15) is 0 Å². The molecule has 1 aliphatic carbocycles. The summed E-state index contributed by atoms with van der Waals surface area (Å²) < 4.78 is 33.3. The Kier molecular flexibility index (Phi) is 6.19. The zero-order valence-corrected chi connectivity index (χ0v) is 17.4. The van der Waals surface area contributed by atoms with Crippen LogP contribution >= 0.6 is 11.3 Å². The van der Waals surface area contributed by atoms with Crippen LogP contribution in [0.1, 0.15) is 36.1 Å². The maximum Gasteiger partial charge on any atom is 0.257 e. The molecule has 0 radical (unpaired) electrons. The van der Waals surface area contributed by atoms with E-state index in [1.54, 1.807) is 16.2 Å². The SMILES string of the molecule is CCN(CC(=O)Nc1c(F)cccc1F)Cc1nnc(-c2cc3c(s2)CCCC3)o1. The molecule has 0 spiro atoms. The molecule has 0 unspecified atom stereocenters. The van der Waals surface area contributed by atoms with Gasteiger partial charge in [0.2, 0.25) is 11.8 Å². The fourth-order valence-corrected chi connectivity index (χ4v) is 4.66. The monoisotopic (exact) mass is 432 g/mol. The molecule has 0 fully saturated rings. The maximum absolute atomic E-state index is 13.7. The third-order valence-electron chi connectivity index (χ3n) is 5.07. The van der Waals surface area contributed by atoms with Crippen molar-refractivity contribution in [3.63, 3.8) is 0 Å². The number of rotatable bonds is 7. The predicted octanol–water partition coefficient (Wildman–Crippen LogP) is 4.42. The molecular weight excluding hydrogens is 410 g/mol. The fourth-order valence-electron chi connectivity index (χ4n) is 3.48. The van der Waals surface area contributed by atoms with Gasteiger partial charge in [0.1, 0.15) is 17.3 Å². The minimum Gasteiger partial charge on any atom is -0.419 e. The summed E-state index contributed by atoms with van der Waals surface area (Å²) in [5.41, 5.74) is 0.925. The number of carbonyl (C=O) groups excluding carboxylic acids is 1. The lowest BCUT2D eigenvalue weighted by atomic mass is 9.99. The molecule has 3 aromatic rings. The standard InChI is InChI=1S/C21H22F2N4O2S/c1-2-27(11-18(28)24-20-14(22)7-5-8-15(20)23)12-19-25-26-21(29-19)17-10-13-6-3-4-9-16(13)30-17/h5,7-8,10H,2-4,6,9,11-12H2,1H3,(H,24,28). The molecule has 2 heterocycles. The van der Waals surface area contributed by atoms with Gasteiger partial charge in [0.25, 0.3) is 5.89 Å². The molecule has 1 aromatic carbocycles. The van der Waals surface area contributed by atoms with E-state index in [1.165, 1.54) is 29.3 Å². The van der Waals surface area contributed by atoms with Crippen LogP contribution in [0.3, 0.4) is 0 Å². The number of carbonyl (C=O) groups is 1. The van der Waals surface area contributed by atoms with Crippen LogP contribution in [0, 0.1) is 11.6 Å². The highest BCUT2D eigenvalue weighted by atomic mass is 32.1. The average Bonchev–Trinajstić information content (AvgIpc) is 3.37. The van der Waals surface area contributed by atoms with E-state index in [0.717, 1.165) is 29.9 Å². The normalized spacial score (nSPS) is 13.5. The van der Waals surface area contributed by atoms with Crippen molar-refractivity contribution in [3.8, 4) is 10.8 Å². The summed E-state index contributed by atoms with van der Waals surface area (Å²) in [6.45, 7) is 2.61. The third-order valence-corrected chi connectivity index (χ3v) is 6.30. The van der Waals surface area contributed by atoms with Gasteiger partial charge in [0, 0.05) is 4.88 Å². The van der Waals surface area contributed by atoms with E-state index in [-0.39, 0.29) is 13.1 Å². The van der Waals surface area contributed by atoms with Crippen LogP contribution in [0.2, 0.25) is 0 Å². The summed E-state index contributed by atoms with van der Waals surface area (Å²) in [6, 6.07) is 5.57. The van der Waals surface area contributed by atoms with E-state index >= 15 is 0 Å². The molecule has 0 bridgehead atoms. The van der Waals surface area contributed by atoms with Crippen LogP contribution < -0.4 is 5.32 Å². The average molecular weight is 432 g/mol. The van der Waals surface area contributed by atoms with Crippen LogP contribution in [0.5, 0.6) is 0 Å². The van der Waals surface area contributed by atoms with E-state index in [9.17, 15) is 13.6 Å². The highest BCUT2D eigenvalue weighted by Crippen LogP contribution is 2.35. The smallest absolute Gasteiger partial charge is 0.257 e. The number of para-hydroxylation sites is 1. The first-order valence-electron chi connectivity index (χ1n) is 9.94. The predicted molar refractivity (Wildman–Crippen MR) is 110 cm³/mol. The molecule has 0 atom stereocenters. The molecule has 6 nitrogen and oxygen atoms in total. The van der Waals surface area contributed by atoms with E-state index < -0.39 is 23.2 Å². The number of nitrogens with zero attached hydrogens (tertiary/aromatic N) is 3. The van der Waals surface area contributed by atoms with Gasteiger partial charge in [-0.25, -0.2) is 8.78 Å². The molecule has 9 heteroatoms. The molecule has 0 aliphatic heterocycles. The number of anilines is 1. The van der Waals surface area contributed by atoms with Gasteiger partial charge in [-0.15, -0.1) is 21.5 Å². The van der Waals surface area contributed by atoms with Crippen LogP contribution in [0.4, 0.5) is 14.5 Å². The molecule has 1 aliphatic rings. The summed E-state index contributed by atoms with van der Waals surface area (Å²) in [5.74, 6) is -1.27. The number of halogens is 2. The lowest BCUT2D eigenvalue weighted by Gasteiger charge is -2.18. The Bertz CT molecular complexity index is 1010. The van der Waals surface area contributed by atoms with Crippen LogP contribution in [-0.4, -0.2) is 34.1 Å². The van der Waals surface area contributed by atoms with Gasteiger partial charge in [-0.1, -0.05) is 13.0 Å². The van der Waals surface area contributed by atoms with Crippen LogP contribution in [0.25, 0.3) is 10.8 Å². The van der Waals surface area contributed by atoms with Gasteiger partial charge in [-0.3, -0.25) is 9.69 Å². The summed E-state index contributed by atoms with van der Waals surface area (Å²) in [6.07, 6.45) is 4.62.